The summed E-state index contributed by atoms with van der Waals surface area (Å²) >= 11 is 0. The second-order valence-electron chi connectivity index (χ2n) is 10.2. The van der Waals surface area contributed by atoms with Crippen molar-refractivity contribution in [2.45, 2.75) is 59.3 Å². The first-order chi connectivity index (χ1) is 19.7. The minimum Gasteiger partial charge on any atom is -0.462 e. The molecule has 0 bridgehead atoms. The number of rotatable bonds is 11. The van der Waals surface area contributed by atoms with E-state index in [1.54, 1.807) is 13.0 Å². The normalized spacial score (nSPS) is 14.0. The van der Waals surface area contributed by atoms with Gasteiger partial charge in [0.25, 0.3) is 0 Å². The smallest absolute Gasteiger partial charge is 0.338 e. The van der Waals surface area contributed by atoms with Crippen LogP contribution in [0.25, 0.3) is 21.9 Å². The molecule has 11 heteroatoms. The summed E-state index contributed by atoms with van der Waals surface area (Å²) in [6, 6.07) is 5.10. The van der Waals surface area contributed by atoms with Gasteiger partial charge in [-0.25, -0.2) is 9.59 Å². The van der Waals surface area contributed by atoms with Crippen LogP contribution in [0.15, 0.2) is 33.5 Å². The van der Waals surface area contributed by atoms with E-state index in [1.165, 1.54) is 18.2 Å². The molecule has 0 saturated heterocycles. The summed E-state index contributed by atoms with van der Waals surface area (Å²) in [4.78, 5) is 66.4. The fourth-order valence-corrected chi connectivity index (χ4v) is 5.24. The lowest BCUT2D eigenvalue weighted by Gasteiger charge is -2.35. The highest BCUT2D eigenvalue weighted by Gasteiger charge is 2.49. The highest BCUT2D eigenvalue weighted by molar-refractivity contribution is 6.27. The topological polar surface area (TPSA) is 170 Å². The van der Waals surface area contributed by atoms with Gasteiger partial charge >= 0.3 is 12.0 Å². The average molecular weight is 565 g/mol. The average Bonchev–Trinajstić information content (AvgIpc) is 2.96. The second-order valence-corrected chi connectivity index (χ2v) is 10.2. The van der Waals surface area contributed by atoms with E-state index in [-0.39, 0.29) is 69.9 Å². The van der Waals surface area contributed by atoms with Crippen LogP contribution in [0, 0.1) is 5.41 Å². The number of carbonyl (C=O) groups is 4. The van der Waals surface area contributed by atoms with Crippen LogP contribution in [0.3, 0.4) is 0 Å². The van der Waals surface area contributed by atoms with Gasteiger partial charge in [0, 0.05) is 18.7 Å². The van der Waals surface area contributed by atoms with Gasteiger partial charge in [0.05, 0.1) is 34.3 Å². The van der Waals surface area contributed by atoms with Crippen LogP contribution in [-0.4, -0.2) is 43.4 Å². The number of fused-ring (bicyclic) bond motifs is 4. The van der Waals surface area contributed by atoms with E-state index in [0.29, 0.717) is 12.8 Å². The van der Waals surface area contributed by atoms with Crippen molar-refractivity contribution in [3.05, 3.63) is 45.6 Å². The minimum atomic E-state index is -1.19. The molecule has 2 heterocycles. The van der Waals surface area contributed by atoms with Gasteiger partial charge in [0.15, 0.2) is 16.9 Å². The Bertz CT molecular complexity index is 1570. The van der Waals surface area contributed by atoms with Gasteiger partial charge < -0.3 is 30.8 Å². The van der Waals surface area contributed by atoms with E-state index in [1.807, 2.05) is 13.8 Å². The number of hydrogen-bond donors (Lipinski definition) is 4. The Labute approximate surface area is 237 Å². The molecule has 0 aliphatic carbocycles. The van der Waals surface area contributed by atoms with Crippen LogP contribution in [0.4, 0.5) is 16.2 Å². The molecular formula is C30H36N4O7. The first-order valence-electron chi connectivity index (χ1n) is 14.1. The van der Waals surface area contributed by atoms with E-state index < -0.39 is 28.8 Å². The number of nitrogens with two attached hydrogens (primary N) is 1. The van der Waals surface area contributed by atoms with Gasteiger partial charge in [0.1, 0.15) is 5.41 Å². The first kappa shape index (κ1) is 29.7. The van der Waals surface area contributed by atoms with Crippen molar-refractivity contribution in [1.29, 1.82) is 0 Å². The van der Waals surface area contributed by atoms with Gasteiger partial charge in [-0.05, 0) is 44.0 Å². The molecule has 5 N–H and O–H groups in total. The summed E-state index contributed by atoms with van der Waals surface area (Å²) in [5.41, 5.74) is 4.23. The molecule has 1 aliphatic rings. The summed E-state index contributed by atoms with van der Waals surface area (Å²) in [6.45, 7) is 6.17. The van der Waals surface area contributed by atoms with Crippen LogP contribution in [-0.2, 0) is 9.53 Å². The Morgan fingerprint density at radius 1 is 1.00 bits per heavy atom. The summed E-state index contributed by atoms with van der Waals surface area (Å²) in [7, 11) is 0. The molecule has 3 aromatic rings. The number of ketones is 1. The number of nitrogens with one attached hydrogen (secondary N) is 3. The number of Topliss-reactive ketones (excluding diaryl/α,β-unsaturated/α-hetero) is 1. The lowest BCUT2D eigenvalue weighted by Crippen LogP contribution is -2.47. The molecule has 11 nitrogen and oxygen atoms in total. The summed E-state index contributed by atoms with van der Waals surface area (Å²) in [6.07, 6.45) is 3.96. The largest absolute Gasteiger partial charge is 0.462 e. The van der Waals surface area contributed by atoms with Crippen molar-refractivity contribution in [3.8, 4) is 0 Å². The molecule has 4 rings (SSSR count). The van der Waals surface area contributed by atoms with Crippen LogP contribution < -0.4 is 27.1 Å². The van der Waals surface area contributed by atoms with Crippen molar-refractivity contribution >= 4 is 57.0 Å². The molecule has 41 heavy (non-hydrogen) atoms. The van der Waals surface area contributed by atoms with Gasteiger partial charge in [0.2, 0.25) is 11.3 Å². The van der Waals surface area contributed by atoms with Crippen LogP contribution in [0.1, 0.15) is 80.0 Å². The van der Waals surface area contributed by atoms with Crippen molar-refractivity contribution < 1.29 is 28.3 Å². The lowest BCUT2D eigenvalue weighted by molar-refractivity contribution is -0.124. The molecule has 2 aromatic carbocycles. The first-order valence-corrected chi connectivity index (χ1v) is 14.1. The maximum atomic E-state index is 13.9. The van der Waals surface area contributed by atoms with E-state index in [9.17, 15) is 24.0 Å². The Morgan fingerprint density at radius 2 is 1.71 bits per heavy atom. The van der Waals surface area contributed by atoms with E-state index >= 15 is 0 Å². The zero-order valence-corrected chi connectivity index (χ0v) is 23.6. The monoisotopic (exact) mass is 564 g/mol. The number of carbonyl (C=O) groups excluding carboxylic acids is 4. The predicted molar refractivity (Wildman–Crippen MR) is 156 cm³/mol. The van der Waals surface area contributed by atoms with Crippen LogP contribution in [0.5, 0.6) is 0 Å². The summed E-state index contributed by atoms with van der Waals surface area (Å²) in [5, 5.41) is 8.19. The van der Waals surface area contributed by atoms with Crippen molar-refractivity contribution in [1.82, 2.24) is 5.32 Å². The number of ether oxygens (including phenoxy) is 1. The molecular weight excluding hydrogens is 528 g/mol. The molecule has 0 radical (unpaired) electrons. The van der Waals surface area contributed by atoms with Gasteiger partial charge in [-0.15, -0.1) is 0 Å². The van der Waals surface area contributed by atoms with E-state index in [2.05, 4.69) is 16.0 Å². The molecule has 218 valence electrons. The predicted octanol–water partition coefficient (Wildman–Crippen LogP) is 4.70. The molecule has 0 unspecified atom stereocenters. The number of benzene rings is 2. The number of amides is 3. The van der Waals surface area contributed by atoms with E-state index in [4.69, 9.17) is 14.9 Å². The maximum Gasteiger partial charge on any atom is 0.338 e. The standard InChI is InChI=1S/C30H36N4O7/c1-4-7-11-30(12-8-5-2)26(36)18-9-10-19-23(35)20-15-17(27(37)40-6-3)16-21(33-29(39)32-14-13-31)24(20)41-25(19)22(18)34-28(30)38/h9-10,15-16H,4-8,11-14,31H2,1-3H3,(H,34,38)(H2,32,33,39). The Hall–Kier alpha value is -4.25. The third-order valence-corrected chi connectivity index (χ3v) is 7.40. The number of esters is 1. The SMILES string of the molecule is CCCCC1(CCCC)C(=O)Nc2c(ccc3c(=O)c4cc(C(=O)OCC)cc(NC(=O)NCCN)c4oc23)C1=O. The van der Waals surface area contributed by atoms with Crippen LogP contribution in [0.2, 0.25) is 0 Å². The molecule has 0 spiro atoms. The second kappa shape index (κ2) is 12.5. The van der Waals surface area contributed by atoms with Crippen molar-refractivity contribution in [3.63, 3.8) is 0 Å². The Kier molecular flexibility index (Phi) is 9.07. The van der Waals surface area contributed by atoms with Gasteiger partial charge in [-0.1, -0.05) is 39.5 Å². The summed E-state index contributed by atoms with van der Waals surface area (Å²) in [5.74, 6) is -1.39. The summed E-state index contributed by atoms with van der Waals surface area (Å²) < 4.78 is 11.3. The minimum absolute atomic E-state index is 0.00980. The van der Waals surface area contributed by atoms with E-state index in [0.717, 1.165) is 25.7 Å². The highest BCUT2D eigenvalue weighted by Crippen LogP contribution is 2.44. The third-order valence-electron chi connectivity index (χ3n) is 7.40. The van der Waals surface area contributed by atoms with Crippen molar-refractivity contribution in [2.24, 2.45) is 11.1 Å². The number of anilines is 2. The molecule has 0 saturated carbocycles. The van der Waals surface area contributed by atoms with Crippen LogP contribution >= 0.6 is 0 Å². The highest BCUT2D eigenvalue weighted by atomic mass is 16.5. The Morgan fingerprint density at radius 3 is 2.34 bits per heavy atom. The zero-order valence-electron chi connectivity index (χ0n) is 23.6. The molecule has 1 aromatic heterocycles. The molecule has 3 amide bonds. The third kappa shape index (κ3) is 5.54. The number of unbranched alkanes of at least 4 members (excludes halogenated alkanes) is 2. The Balaban J connectivity index is 1.94. The quantitative estimate of drug-likeness (QED) is 0.147. The molecule has 0 atom stereocenters. The fourth-order valence-electron chi connectivity index (χ4n) is 5.24. The lowest BCUT2D eigenvalue weighted by atomic mass is 9.69. The maximum absolute atomic E-state index is 13.9. The number of hydrogen-bond acceptors (Lipinski definition) is 8. The van der Waals surface area contributed by atoms with Gasteiger partial charge in [-0.3, -0.25) is 14.4 Å². The van der Waals surface area contributed by atoms with Gasteiger partial charge in [-0.2, -0.15) is 0 Å². The van der Waals surface area contributed by atoms with Crippen molar-refractivity contribution in [2.75, 3.05) is 30.3 Å². The fraction of sp³-hybridized carbons (Fsp3) is 0.433. The number of urea groups is 1. The zero-order chi connectivity index (χ0) is 29.7. The molecule has 0 fully saturated rings. The molecule has 1 aliphatic heterocycles.